The Bertz CT molecular complexity index is 1020. The van der Waals surface area contributed by atoms with E-state index < -0.39 is 17.9 Å². The summed E-state index contributed by atoms with van der Waals surface area (Å²) in [5.74, 6) is 0.144. The maximum atomic E-state index is 12.8. The SMILES string of the molecule is COC(=O)C(Cc1ccccc1)NC(=O)c1csc(-c2cccc(OC)c2OC)n1. The first-order valence-corrected chi connectivity index (χ1v) is 10.0. The van der Waals surface area contributed by atoms with Gasteiger partial charge in [-0.25, -0.2) is 9.78 Å². The summed E-state index contributed by atoms with van der Waals surface area (Å²) in [5.41, 5.74) is 1.84. The maximum Gasteiger partial charge on any atom is 0.328 e. The molecule has 1 amide bonds. The lowest BCUT2D eigenvalue weighted by molar-refractivity contribution is -0.142. The molecule has 0 saturated carbocycles. The molecule has 0 spiro atoms. The molecule has 3 aromatic rings. The summed E-state index contributed by atoms with van der Waals surface area (Å²) in [6.07, 6.45) is 0.319. The van der Waals surface area contributed by atoms with Crippen LogP contribution < -0.4 is 14.8 Å². The highest BCUT2D eigenvalue weighted by Crippen LogP contribution is 2.38. The van der Waals surface area contributed by atoms with Crippen LogP contribution in [0.3, 0.4) is 0 Å². The number of aromatic nitrogens is 1. The third-order valence-corrected chi connectivity index (χ3v) is 5.32. The summed E-state index contributed by atoms with van der Waals surface area (Å²) in [6.45, 7) is 0. The zero-order valence-electron chi connectivity index (χ0n) is 16.9. The third kappa shape index (κ3) is 4.77. The molecule has 0 aliphatic heterocycles. The molecule has 1 unspecified atom stereocenters. The number of carbonyl (C=O) groups is 2. The van der Waals surface area contributed by atoms with E-state index in [0.29, 0.717) is 22.9 Å². The number of rotatable bonds is 8. The Morgan fingerprint density at radius 3 is 2.47 bits per heavy atom. The Morgan fingerprint density at radius 2 is 1.80 bits per heavy atom. The van der Waals surface area contributed by atoms with E-state index in [1.54, 1.807) is 25.7 Å². The predicted molar refractivity (Wildman–Crippen MR) is 114 cm³/mol. The number of hydrogen-bond donors (Lipinski definition) is 1. The number of nitrogens with one attached hydrogen (secondary N) is 1. The highest BCUT2D eigenvalue weighted by Gasteiger charge is 2.24. The number of hydrogen-bond acceptors (Lipinski definition) is 7. The van der Waals surface area contributed by atoms with Gasteiger partial charge >= 0.3 is 5.97 Å². The van der Waals surface area contributed by atoms with E-state index in [1.165, 1.54) is 18.4 Å². The first-order chi connectivity index (χ1) is 14.6. The molecular formula is C22H22N2O5S. The van der Waals surface area contributed by atoms with E-state index in [0.717, 1.165) is 11.1 Å². The molecule has 30 heavy (non-hydrogen) atoms. The van der Waals surface area contributed by atoms with E-state index in [1.807, 2.05) is 42.5 Å². The minimum Gasteiger partial charge on any atom is -0.493 e. The van der Waals surface area contributed by atoms with Gasteiger partial charge < -0.3 is 19.5 Å². The minimum absolute atomic E-state index is 0.210. The first kappa shape index (κ1) is 21.3. The molecular weight excluding hydrogens is 404 g/mol. The van der Waals surface area contributed by atoms with Crippen LogP contribution in [0.25, 0.3) is 10.6 Å². The highest BCUT2D eigenvalue weighted by atomic mass is 32.1. The topological polar surface area (TPSA) is 86.8 Å². The number of amides is 1. The van der Waals surface area contributed by atoms with Crippen LogP contribution in [0.2, 0.25) is 0 Å². The number of nitrogens with zero attached hydrogens (tertiary/aromatic N) is 1. The summed E-state index contributed by atoms with van der Waals surface area (Å²) in [5, 5.41) is 4.97. The van der Waals surface area contributed by atoms with Crippen molar-refractivity contribution in [2.75, 3.05) is 21.3 Å². The standard InChI is InChI=1S/C22H22N2O5S/c1-27-18-11-7-10-15(19(18)28-2)21-24-17(13-30-21)20(25)23-16(22(26)29-3)12-14-8-5-4-6-9-14/h4-11,13,16H,12H2,1-3H3,(H,23,25). The quantitative estimate of drug-likeness (QED) is 0.556. The largest absolute Gasteiger partial charge is 0.493 e. The average Bonchev–Trinajstić information content (AvgIpc) is 3.28. The number of carbonyl (C=O) groups excluding carboxylic acids is 2. The van der Waals surface area contributed by atoms with Gasteiger partial charge in [-0.2, -0.15) is 0 Å². The Hall–Kier alpha value is -3.39. The molecule has 0 bridgehead atoms. The Morgan fingerprint density at radius 1 is 1.03 bits per heavy atom. The van der Waals surface area contributed by atoms with Crippen molar-refractivity contribution in [1.29, 1.82) is 0 Å². The smallest absolute Gasteiger partial charge is 0.328 e. The lowest BCUT2D eigenvalue weighted by Crippen LogP contribution is -2.43. The van der Waals surface area contributed by atoms with Crippen LogP contribution in [0.5, 0.6) is 11.5 Å². The Kier molecular flexibility index (Phi) is 7.03. The molecule has 0 fully saturated rings. The van der Waals surface area contributed by atoms with Crippen molar-refractivity contribution in [3.63, 3.8) is 0 Å². The van der Waals surface area contributed by atoms with E-state index >= 15 is 0 Å². The molecule has 1 N–H and O–H groups in total. The fourth-order valence-electron chi connectivity index (χ4n) is 2.97. The second-order valence-corrected chi connectivity index (χ2v) is 7.18. The van der Waals surface area contributed by atoms with Gasteiger partial charge in [0.1, 0.15) is 16.7 Å². The number of para-hydroxylation sites is 1. The molecule has 1 aromatic heterocycles. The normalized spacial score (nSPS) is 11.4. The fraction of sp³-hybridized carbons (Fsp3) is 0.227. The van der Waals surface area contributed by atoms with Crippen molar-refractivity contribution in [2.45, 2.75) is 12.5 Å². The summed E-state index contributed by atoms with van der Waals surface area (Å²) in [6, 6.07) is 14.0. The van der Waals surface area contributed by atoms with Gasteiger partial charge in [-0.15, -0.1) is 11.3 Å². The average molecular weight is 426 g/mol. The van der Waals surface area contributed by atoms with Crippen LogP contribution in [0.1, 0.15) is 16.1 Å². The zero-order valence-corrected chi connectivity index (χ0v) is 17.7. The van der Waals surface area contributed by atoms with Gasteiger partial charge in [0, 0.05) is 11.8 Å². The van der Waals surface area contributed by atoms with Crippen molar-refractivity contribution in [1.82, 2.24) is 10.3 Å². The number of thiazole rings is 1. The summed E-state index contributed by atoms with van der Waals surface area (Å²) in [7, 11) is 4.40. The van der Waals surface area contributed by atoms with E-state index in [9.17, 15) is 9.59 Å². The van der Waals surface area contributed by atoms with E-state index in [4.69, 9.17) is 14.2 Å². The first-order valence-electron chi connectivity index (χ1n) is 9.16. The summed E-state index contributed by atoms with van der Waals surface area (Å²) >= 11 is 1.30. The van der Waals surface area contributed by atoms with E-state index in [-0.39, 0.29) is 5.69 Å². The maximum absolute atomic E-state index is 12.8. The molecule has 7 nitrogen and oxygen atoms in total. The molecule has 156 valence electrons. The fourth-order valence-corrected chi connectivity index (χ4v) is 3.80. The molecule has 0 aliphatic rings. The van der Waals surface area contributed by atoms with Crippen molar-refractivity contribution < 1.29 is 23.8 Å². The van der Waals surface area contributed by atoms with Crippen LogP contribution in [0, 0.1) is 0 Å². The Balaban J connectivity index is 1.81. The molecule has 3 rings (SSSR count). The van der Waals surface area contributed by atoms with Crippen molar-refractivity contribution in [3.8, 4) is 22.1 Å². The van der Waals surface area contributed by atoms with Crippen LogP contribution in [-0.4, -0.2) is 44.2 Å². The second-order valence-electron chi connectivity index (χ2n) is 6.32. The molecule has 0 saturated heterocycles. The van der Waals surface area contributed by atoms with Crippen molar-refractivity contribution >= 4 is 23.2 Å². The van der Waals surface area contributed by atoms with Gasteiger partial charge in [-0.05, 0) is 17.7 Å². The minimum atomic E-state index is -0.818. The van der Waals surface area contributed by atoms with Gasteiger partial charge in [0.2, 0.25) is 0 Å². The number of methoxy groups -OCH3 is 3. The van der Waals surface area contributed by atoms with Crippen molar-refractivity contribution in [3.05, 3.63) is 65.2 Å². The second kappa shape index (κ2) is 9.89. The van der Waals surface area contributed by atoms with E-state index in [2.05, 4.69) is 10.3 Å². The molecule has 2 aromatic carbocycles. The number of benzene rings is 2. The number of esters is 1. The van der Waals surface area contributed by atoms with Crippen LogP contribution in [-0.2, 0) is 16.0 Å². The highest BCUT2D eigenvalue weighted by molar-refractivity contribution is 7.13. The third-order valence-electron chi connectivity index (χ3n) is 4.44. The van der Waals surface area contributed by atoms with Crippen LogP contribution in [0.4, 0.5) is 0 Å². The molecule has 1 heterocycles. The lowest BCUT2D eigenvalue weighted by Gasteiger charge is -2.16. The lowest BCUT2D eigenvalue weighted by atomic mass is 10.1. The Labute approximate surface area is 178 Å². The number of ether oxygens (including phenoxy) is 3. The van der Waals surface area contributed by atoms with Gasteiger partial charge in [0.05, 0.1) is 26.9 Å². The molecule has 1 atom stereocenters. The van der Waals surface area contributed by atoms with Crippen molar-refractivity contribution in [2.24, 2.45) is 0 Å². The van der Waals surface area contributed by atoms with Gasteiger partial charge in [0.15, 0.2) is 11.5 Å². The molecule has 0 aliphatic carbocycles. The van der Waals surface area contributed by atoms with Crippen LogP contribution in [0.15, 0.2) is 53.9 Å². The molecule has 0 radical (unpaired) electrons. The zero-order chi connectivity index (χ0) is 21.5. The summed E-state index contributed by atoms with van der Waals surface area (Å²) < 4.78 is 15.6. The van der Waals surface area contributed by atoms with Gasteiger partial charge in [0.25, 0.3) is 5.91 Å². The predicted octanol–water partition coefficient (Wildman–Crippen LogP) is 3.34. The monoisotopic (exact) mass is 426 g/mol. The summed E-state index contributed by atoms with van der Waals surface area (Å²) in [4.78, 5) is 29.4. The van der Waals surface area contributed by atoms with Gasteiger partial charge in [-0.3, -0.25) is 4.79 Å². The molecule has 8 heteroatoms. The van der Waals surface area contributed by atoms with Gasteiger partial charge in [-0.1, -0.05) is 36.4 Å². The van der Waals surface area contributed by atoms with Crippen LogP contribution >= 0.6 is 11.3 Å².